The zero-order chi connectivity index (χ0) is 13.0. The van der Waals surface area contributed by atoms with Crippen molar-refractivity contribution in [1.29, 1.82) is 0 Å². The Hall–Kier alpha value is -1.63. The van der Waals surface area contributed by atoms with Gasteiger partial charge in [-0.3, -0.25) is 10.4 Å². The Labute approximate surface area is 107 Å². The van der Waals surface area contributed by atoms with E-state index in [0.29, 0.717) is 5.75 Å². The van der Waals surface area contributed by atoms with E-state index in [1.165, 1.54) is 23.9 Å². The van der Waals surface area contributed by atoms with Crippen LogP contribution < -0.4 is 10.2 Å². The molecule has 1 N–H and O–H groups in total. The van der Waals surface area contributed by atoms with E-state index >= 15 is 0 Å². The summed E-state index contributed by atoms with van der Waals surface area (Å²) in [6, 6.07) is 6.40. The lowest BCUT2D eigenvalue weighted by atomic mass is 10.1. The minimum Gasteiger partial charge on any atom is -0.435 e. The van der Waals surface area contributed by atoms with Gasteiger partial charge in [0, 0.05) is 12.8 Å². The number of benzene rings is 1. The molecule has 4 nitrogen and oxygen atoms in total. The highest BCUT2D eigenvalue weighted by molar-refractivity contribution is 8.14. The van der Waals surface area contributed by atoms with Gasteiger partial charge in [-0.15, -0.1) is 0 Å². The third kappa shape index (κ3) is 3.19. The summed E-state index contributed by atoms with van der Waals surface area (Å²) in [4.78, 5) is 3.98. The summed E-state index contributed by atoms with van der Waals surface area (Å²) < 4.78 is 28.2. The second-order valence-electron chi connectivity index (χ2n) is 3.39. The zero-order valence-electron chi connectivity index (χ0n) is 9.56. The van der Waals surface area contributed by atoms with E-state index in [1.54, 1.807) is 19.2 Å². The quantitative estimate of drug-likeness (QED) is 0.917. The molecule has 96 valence electrons. The summed E-state index contributed by atoms with van der Waals surface area (Å²) in [6.45, 7) is -2.80. The van der Waals surface area contributed by atoms with Gasteiger partial charge in [0.05, 0.1) is 5.71 Å². The van der Waals surface area contributed by atoms with Gasteiger partial charge in [-0.2, -0.15) is 13.9 Å². The average molecular weight is 271 g/mol. The molecule has 0 atom stereocenters. The van der Waals surface area contributed by atoms with Crippen LogP contribution in [0.2, 0.25) is 0 Å². The first-order valence-corrected chi connectivity index (χ1v) is 6.15. The van der Waals surface area contributed by atoms with E-state index in [9.17, 15) is 8.78 Å². The normalized spacial score (nSPS) is 17.6. The molecule has 2 rings (SSSR count). The van der Waals surface area contributed by atoms with Gasteiger partial charge in [0.15, 0.2) is 5.17 Å². The first kappa shape index (κ1) is 12.8. The Morgan fingerprint density at radius 2 is 2.11 bits per heavy atom. The molecule has 0 unspecified atom stereocenters. The van der Waals surface area contributed by atoms with Crippen molar-refractivity contribution in [3.63, 3.8) is 0 Å². The Kier molecular flexibility index (Phi) is 4.14. The molecule has 0 saturated carbocycles. The molecule has 1 aromatic rings. The Bertz CT molecular complexity index is 474. The second kappa shape index (κ2) is 5.81. The van der Waals surface area contributed by atoms with E-state index in [1.807, 2.05) is 0 Å². The maximum atomic E-state index is 12.0. The predicted octanol–water partition coefficient (Wildman–Crippen LogP) is 2.31. The average Bonchev–Trinajstić information content (AvgIpc) is 2.39. The Balaban J connectivity index is 2.08. The monoisotopic (exact) mass is 271 g/mol. The number of nitrogens with zero attached hydrogens (tertiary/aromatic N) is 2. The first-order chi connectivity index (χ1) is 8.69. The van der Waals surface area contributed by atoms with Crippen LogP contribution in [0, 0.1) is 0 Å². The summed E-state index contributed by atoms with van der Waals surface area (Å²) in [5, 5.41) is 4.93. The molecule has 0 aliphatic carbocycles. The van der Waals surface area contributed by atoms with Crippen LogP contribution >= 0.6 is 11.8 Å². The van der Waals surface area contributed by atoms with Gasteiger partial charge in [0.1, 0.15) is 5.75 Å². The molecule has 1 aliphatic heterocycles. The van der Waals surface area contributed by atoms with Gasteiger partial charge in [-0.25, -0.2) is 0 Å². The maximum Gasteiger partial charge on any atom is 0.387 e. The summed E-state index contributed by atoms with van der Waals surface area (Å²) in [5.74, 6) is 0.830. The van der Waals surface area contributed by atoms with Crippen LogP contribution in [0.25, 0.3) is 0 Å². The van der Waals surface area contributed by atoms with Crippen molar-refractivity contribution in [2.45, 2.75) is 6.61 Å². The third-order valence-corrected chi connectivity index (χ3v) is 3.21. The van der Waals surface area contributed by atoms with Crippen molar-refractivity contribution in [3.05, 3.63) is 29.8 Å². The van der Waals surface area contributed by atoms with Crippen molar-refractivity contribution in [1.82, 2.24) is 5.43 Å². The second-order valence-corrected chi connectivity index (χ2v) is 4.35. The number of ether oxygens (including phenoxy) is 1. The van der Waals surface area contributed by atoms with Crippen molar-refractivity contribution >= 4 is 22.6 Å². The van der Waals surface area contributed by atoms with Crippen LogP contribution in [-0.4, -0.2) is 30.3 Å². The highest BCUT2D eigenvalue weighted by atomic mass is 32.2. The number of alkyl halides is 2. The van der Waals surface area contributed by atoms with Crippen LogP contribution in [0.15, 0.2) is 34.4 Å². The van der Waals surface area contributed by atoms with Crippen LogP contribution in [0.3, 0.4) is 0 Å². The van der Waals surface area contributed by atoms with Gasteiger partial charge in [-0.1, -0.05) is 11.8 Å². The number of nitrogens with one attached hydrogen (secondary N) is 1. The molecule has 1 heterocycles. The molecule has 1 aromatic carbocycles. The first-order valence-electron chi connectivity index (χ1n) is 5.16. The van der Waals surface area contributed by atoms with Crippen molar-refractivity contribution in [3.8, 4) is 5.75 Å². The summed E-state index contributed by atoms with van der Waals surface area (Å²) >= 11 is 1.54. The number of hydrogen-bond acceptors (Lipinski definition) is 4. The fourth-order valence-electron chi connectivity index (χ4n) is 1.41. The van der Waals surface area contributed by atoms with Gasteiger partial charge < -0.3 is 4.74 Å². The summed E-state index contributed by atoms with van der Waals surface area (Å²) in [6.07, 6.45) is 0. The third-order valence-electron chi connectivity index (χ3n) is 2.25. The molecule has 18 heavy (non-hydrogen) atoms. The predicted molar refractivity (Wildman–Crippen MR) is 68.6 cm³/mol. The molecule has 7 heteroatoms. The van der Waals surface area contributed by atoms with Crippen LogP contribution in [-0.2, 0) is 0 Å². The van der Waals surface area contributed by atoms with Crippen LogP contribution in [0.5, 0.6) is 5.75 Å². The molecular formula is C11H11F2N3OS. The van der Waals surface area contributed by atoms with Crippen LogP contribution in [0.4, 0.5) is 8.78 Å². The standard InChI is InChI=1S/C11H11F2N3OS/c1-14-11-16-15-9(6-18-11)7-2-4-8(5-3-7)17-10(12)13/h2-5,10H,6H2,1H3,(H,14,16). The number of hydrazone groups is 1. The van der Waals surface area contributed by atoms with Crippen LogP contribution in [0.1, 0.15) is 5.56 Å². The highest BCUT2D eigenvalue weighted by Gasteiger charge is 2.12. The Morgan fingerprint density at radius 3 is 2.61 bits per heavy atom. The molecule has 0 saturated heterocycles. The topological polar surface area (TPSA) is 46.0 Å². The number of halogens is 2. The lowest BCUT2D eigenvalue weighted by Crippen LogP contribution is -2.25. The number of amidine groups is 1. The van der Waals surface area contributed by atoms with Crippen molar-refractivity contribution < 1.29 is 13.5 Å². The number of rotatable bonds is 3. The van der Waals surface area contributed by atoms with E-state index in [0.717, 1.165) is 16.4 Å². The summed E-state index contributed by atoms with van der Waals surface area (Å²) in [7, 11) is 1.69. The largest absolute Gasteiger partial charge is 0.435 e. The molecule has 0 radical (unpaired) electrons. The smallest absolute Gasteiger partial charge is 0.387 e. The molecule has 0 spiro atoms. The van der Waals surface area contributed by atoms with Gasteiger partial charge >= 0.3 is 6.61 Å². The van der Waals surface area contributed by atoms with Crippen molar-refractivity contribution in [2.75, 3.05) is 12.8 Å². The lowest BCUT2D eigenvalue weighted by molar-refractivity contribution is -0.0498. The van der Waals surface area contributed by atoms with E-state index in [4.69, 9.17) is 0 Å². The minimum absolute atomic E-state index is 0.140. The molecule has 0 fully saturated rings. The molecule has 0 bridgehead atoms. The van der Waals surface area contributed by atoms with Gasteiger partial charge in [0.2, 0.25) is 0 Å². The maximum absolute atomic E-state index is 12.0. The van der Waals surface area contributed by atoms with Crippen molar-refractivity contribution in [2.24, 2.45) is 10.1 Å². The molecule has 0 amide bonds. The highest BCUT2D eigenvalue weighted by Crippen LogP contribution is 2.18. The molecule has 1 aliphatic rings. The number of thioether (sulfide) groups is 1. The zero-order valence-corrected chi connectivity index (χ0v) is 10.4. The summed E-state index contributed by atoms with van der Waals surface area (Å²) in [5.41, 5.74) is 4.52. The number of aliphatic imine (C=N–C) groups is 1. The molecular weight excluding hydrogens is 260 g/mol. The Morgan fingerprint density at radius 1 is 1.39 bits per heavy atom. The minimum atomic E-state index is -2.80. The fraction of sp³-hybridized carbons (Fsp3) is 0.273. The van der Waals surface area contributed by atoms with E-state index < -0.39 is 6.61 Å². The van der Waals surface area contributed by atoms with E-state index in [-0.39, 0.29) is 5.75 Å². The SMILES string of the molecule is CN=C1NN=C(c2ccc(OC(F)F)cc2)CS1. The fourth-order valence-corrected chi connectivity index (χ4v) is 2.15. The number of hydrogen-bond donors (Lipinski definition) is 1. The van der Waals surface area contributed by atoms with Gasteiger partial charge in [-0.05, 0) is 29.8 Å². The lowest BCUT2D eigenvalue weighted by Gasteiger charge is -2.14. The van der Waals surface area contributed by atoms with E-state index in [2.05, 4.69) is 20.3 Å². The van der Waals surface area contributed by atoms with Gasteiger partial charge in [0.25, 0.3) is 0 Å². The molecule has 0 aromatic heterocycles.